The molecular formula is C27H21N3O2S3. The van der Waals surface area contributed by atoms with Crippen molar-refractivity contribution >= 4 is 57.7 Å². The highest BCUT2D eigenvalue weighted by Crippen LogP contribution is 2.35. The molecule has 5 rings (SSSR count). The maximum Gasteiger partial charge on any atom is 0.266 e. The minimum Gasteiger partial charge on any atom is -0.288 e. The van der Waals surface area contributed by atoms with Gasteiger partial charge in [-0.3, -0.25) is 18.9 Å². The molecule has 174 valence electrons. The molecule has 1 fully saturated rings. The fourth-order valence-corrected chi connectivity index (χ4v) is 5.77. The van der Waals surface area contributed by atoms with Crippen LogP contribution in [0.1, 0.15) is 22.3 Å². The van der Waals surface area contributed by atoms with Crippen LogP contribution in [0.2, 0.25) is 0 Å². The number of pyridine rings is 1. The van der Waals surface area contributed by atoms with Crippen molar-refractivity contribution in [3.63, 3.8) is 0 Å². The third kappa shape index (κ3) is 4.96. The average Bonchev–Trinajstić information content (AvgIpc) is 3.11. The molecule has 0 unspecified atom stereocenters. The number of carbonyl (C=O) groups excluding carboxylic acids is 1. The van der Waals surface area contributed by atoms with Crippen molar-refractivity contribution in [2.24, 2.45) is 0 Å². The number of rotatable bonds is 5. The molecule has 2 aromatic heterocycles. The van der Waals surface area contributed by atoms with Gasteiger partial charge in [-0.1, -0.05) is 89.3 Å². The number of aryl methyl sites for hydroxylation is 2. The SMILES string of the molecule is Cc1ccc(CN2C(=O)/C(=C\c3c(Sc4ccc(C)cc4)nc4ccccn4c3=O)SC2=S)cc1. The van der Waals surface area contributed by atoms with Gasteiger partial charge in [0.25, 0.3) is 11.5 Å². The van der Waals surface area contributed by atoms with Crippen molar-refractivity contribution in [1.82, 2.24) is 14.3 Å². The van der Waals surface area contributed by atoms with E-state index in [9.17, 15) is 9.59 Å². The van der Waals surface area contributed by atoms with Gasteiger partial charge in [0.05, 0.1) is 17.0 Å². The zero-order valence-electron chi connectivity index (χ0n) is 19.1. The molecular weight excluding hydrogens is 495 g/mol. The zero-order chi connectivity index (χ0) is 24.5. The van der Waals surface area contributed by atoms with Crippen molar-refractivity contribution < 1.29 is 4.79 Å². The molecule has 8 heteroatoms. The summed E-state index contributed by atoms with van der Waals surface area (Å²) in [4.78, 5) is 34.5. The van der Waals surface area contributed by atoms with Crippen LogP contribution in [0.4, 0.5) is 0 Å². The molecule has 0 aliphatic carbocycles. The predicted molar refractivity (Wildman–Crippen MR) is 147 cm³/mol. The number of hydrogen-bond acceptors (Lipinski definition) is 6. The third-order valence-corrected chi connectivity index (χ3v) is 7.97. The molecule has 35 heavy (non-hydrogen) atoms. The van der Waals surface area contributed by atoms with Crippen molar-refractivity contribution in [2.45, 2.75) is 30.3 Å². The number of hydrogen-bond donors (Lipinski definition) is 0. The Morgan fingerprint density at radius 2 is 1.66 bits per heavy atom. The van der Waals surface area contributed by atoms with Crippen molar-refractivity contribution in [2.75, 3.05) is 0 Å². The van der Waals surface area contributed by atoms with Crippen molar-refractivity contribution in [1.29, 1.82) is 0 Å². The topological polar surface area (TPSA) is 54.7 Å². The Labute approximate surface area is 216 Å². The molecule has 0 radical (unpaired) electrons. The quantitative estimate of drug-likeness (QED) is 0.188. The summed E-state index contributed by atoms with van der Waals surface area (Å²) < 4.78 is 1.97. The molecule has 1 aliphatic rings. The van der Waals surface area contributed by atoms with Crippen LogP contribution in [0.25, 0.3) is 11.7 Å². The van der Waals surface area contributed by atoms with Crippen molar-refractivity contribution in [3.05, 3.63) is 110 Å². The van der Waals surface area contributed by atoms with Gasteiger partial charge in [-0.15, -0.1) is 0 Å². The number of thioether (sulfide) groups is 1. The lowest BCUT2D eigenvalue weighted by atomic mass is 10.1. The van der Waals surface area contributed by atoms with Crippen LogP contribution in [-0.2, 0) is 11.3 Å². The van der Waals surface area contributed by atoms with E-state index in [4.69, 9.17) is 17.2 Å². The highest BCUT2D eigenvalue weighted by molar-refractivity contribution is 8.26. The van der Waals surface area contributed by atoms with E-state index >= 15 is 0 Å². The minimum atomic E-state index is -0.228. The van der Waals surface area contributed by atoms with E-state index in [1.165, 1.54) is 27.9 Å². The number of benzene rings is 2. The lowest BCUT2D eigenvalue weighted by Crippen LogP contribution is -2.27. The van der Waals surface area contributed by atoms with Crippen LogP contribution in [0.5, 0.6) is 0 Å². The molecule has 0 bridgehead atoms. The van der Waals surface area contributed by atoms with Gasteiger partial charge in [0.15, 0.2) is 0 Å². The first kappa shape index (κ1) is 23.5. The molecule has 0 N–H and O–H groups in total. The maximum absolute atomic E-state index is 13.5. The molecule has 2 aromatic carbocycles. The van der Waals surface area contributed by atoms with Gasteiger partial charge in [0, 0.05) is 11.1 Å². The Hall–Kier alpha value is -3.20. The van der Waals surface area contributed by atoms with E-state index in [2.05, 4.69) is 0 Å². The van der Waals surface area contributed by atoms with Gasteiger partial charge in [0.1, 0.15) is 15.0 Å². The Bertz CT molecular complexity index is 1540. The summed E-state index contributed by atoms with van der Waals surface area (Å²) in [5.74, 6) is -0.204. The average molecular weight is 516 g/mol. The largest absolute Gasteiger partial charge is 0.288 e. The smallest absolute Gasteiger partial charge is 0.266 e. The molecule has 4 aromatic rings. The van der Waals surface area contributed by atoms with Gasteiger partial charge < -0.3 is 0 Å². The van der Waals surface area contributed by atoms with Gasteiger partial charge >= 0.3 is 0 Å². The minimum absolute atomic E-state index is 0.204. The Balaban J connectivity index is 1.54. The standard InChI is InChI=1S/C27H21N3O2S3/c1-17-6-10-19(11-7-17)16-30-26(32)22(35-27(30)33)15-21-24(34-20-12-8-18(2)9-13-20)28-23-5-3-4-14-29(23)25(21)31/h3-15H,16H2,1-2H3/b22-15+. The summed E-state index contributed by atoms with van der Waals surface area (Å²) in [6, 6.07) is 21.5. The number of thiocarbonyl (C=S) groups is 1. The van der Waals surface area contributed by atoms with E-state index in [0.717, 1.165) is 21.6 Å². The second-order valence-electron chi connectivity index (χ2n) is 8.23. The monoisotopic (exact) mass is 515 g/mol. The summed E-state index contributed by atoms with van der Waals surface area (Å²) in [6.07, 6.45) is 3.32. The summed E-state index contributed by atoms with van der Waals surface area (Å²) >= 11 is 8.14. The Kier molecular flexibility index (Phi) is 6.60. The molecule has 0 spiro atoms. The zero-order valence-corrected chi connectivity index (χ0v) is 21.5. The lowest BCUT2D eigenvalue weighted by molar-refractivity contribution is -0.122. The van der Waals surface area contributed by atoms with Gasteiger partial charge in [0.2, 0.25) is 0 Å². The fraction of sp³-hybridized carbons (Fsp3) is 0.111. The van der Waals surface area contributed by atoms with E-state index in [-0.39, 0.29) is 11.5 Å². The summed E-state index contributed by atoms with van der Waals surface area (Å²) in [5.41, 5.74) is 4.00. The van der Waals surface area contributed by atoms with Crippen LogP contribution < -0.4 is 5.56 Å². The number of fused-ring (bicyclic) bond motifs is 1. The van der Waals surface area contributed by atoms with Crippen LogP contribution in [0, 0.1) is 13.8 Å². The summed E-state index contributed by atoms with van der Waals surface area (Å²) in [5, 5.41) is 0.550. The molecule has 1 amide bonds. The van der Waals surface area contributed by atoms with Crippen LogP contribution >= 0.6 is 35.7 Å². The maximum atomic E-state index is 13.5. The first-order valence-electron chi connectivity index (χ1n) is 11.0. The second kappa shape index (κ2) is 9.81. The molecule has 3 heterocycles. The molecule has 1 aliphatic heterocycles. The van der Waals surface area contributed by atoms with Gasteiger partial charge in [-0.2, -0.15) is 0 Å². The first-order valence-corrected chi connectivity index (χ1v) is 13.0. The lowest BCUT2D eigenvalue weighted by Gasteiger charge is -2.14. The van der Waals surface area contributed by atoms with Gasteiger partial charge in [-0.25, -0.2) is 4.98 Å². The van der Waals surface area contributed by atoms with E-state index in [1.807, 2.05) is 68.4 Å². The molecule has 0 atom stereocenters. The first-order chi connectivity index (χ1) is 16.9. The molecule has 0 saturated carbocycles. The third-order valence-electron chi connectivity index (χ3n) is 5.58. The van der Waals surface area contributed by atoms with E-state index in [0.29, 0.717) is 32.0 Å². The van der Waals surface area contributed by atoms with Crippen LogP contribution in [-0.4, -0.2) is 24.5 Å². The fourth-order valence-electron chi connectivity index (χ4n) is 3.65. The highest BCUT2D eigenvalue weighted by atomic mass is 32.2. The number of nitrogens with zero attached hydrogens (tertiary/aromatic N) is 3. The van der Waals surface area contributed by atoms with Gasteiger partial charge in [-0.05, 0) is 49.8 Å². The normalized spacial score (nSPS) is 14.9. The number of amides is 1. The molecule has 5 nitrogen and oxygen atoms in total. The van der Waals surface area contributed by atoms with Crippen LogP contribution in [0.3, 0.4) is 0 Å². The summed E-state index contributed by atoms with van der Waals surface area (Å²) in [7, 11) is 0. The number of carbonyl (C=O) groups is 1. The summed E-state index contributed by atoms with van der Waals surface area (Å²) in [6.45, 7) is 4.44. The van der Waals surface area contributed by atoms with E-state index < -0.39 is 0 Å². The van der Waals surface area contributed by atoms with Crippen LogP contribution in [0.15, 0.2) is 92.5 Å². The molecule has 1 saturated heterocycles. The van der Waals surface area contributed by atoms with E-state index in [1.54, 1.807) is 29.3 Å². The highest BCUT2D eigenvalue weighted by Gasteiger charge is 2.32. The predicted octanol–water partition coefficient (Wildman–Crippen LogP) is 5.86. The second-order valence-corrected chi connectivity index (χ2v) is 11.0. The number of aromatic nitrogens is 2. The Morgan fingerprint density at radius 1 is 0.971 bits per heavy atom. The van der Waals surface area contributed by atoms with Crippen molar-refractivity contribution in [3.8, 4) is 0 Å². The Morgan fingerprint density at radius 3 is 2.37 bits per heavy atom.